The van der Waals surface area contributed by atoms with Gasteiger partial charge < -0.3 is 5.32 Å². The molecule has 1 aliphatic carbocycles. The Morgan fingerprint density at radius 1 is 1.00 bits per heavy atom. The van der Waals surface area contributed by atoms with Gasteiger partial charge in [0.1, 0.15) is 23.9 Å². The molecule has 3 aromatic carbocycles. The van der Waals surface area contributed by atoms with E-state index in [4.69, 9.17) is 0 Å². The first-order valence-electron chi connectivity index (χ1n) is 12.7. The zero-order valence-corrected chi connectivity index (χ0v) is 21.0. The number of nitrogens with one attached hydrogen (secondary N) is 1. The van der Waals surface area contributed by atoms with Crippen molar-refractivity contribution < 1.29 is 18.8 Å². The van der Waals surface area contributed by atoms with E-state index < -0.39 is 23.7 Å². The SMILES string of the molecule is CC(=O)c1ccccc1N(C(=O)Cn1nnc2ccccc21)C(C(=O)NC1CCCC1)c1ccccc1F. The Morgan fingerprint density at radius 2 is 1.68 bits per heavy atom. The maximum Gasteiger partial charge on any atom is 0.249 e. The zero-order valence-electron chi connectivity index (χ0n) is 21.0. The standard InChI is InChI=1S/C29H28FN5O3/c1-19(36)21-12-5-8-16-25(21)35(27(37)18-34-26-17-9-7-15-24(26)32-33-34)28(22-13-4-6-14-23(22)30)29(38)31-20-10-2-3-11-20/h4-9,12-17,20,28H,2-3,10-11,18H2,1H3,(H,31,38). The molecule has 5 rings (SSSR count). The van der Waals surface area contributed by atoms with E-state index in [-0.39, 0.29) is 35.2 Å². The second-order valence-corrected chi connectivity index (χ2v) is 9.49. The maximum atomic E-state index is 15.3. The van der Waals surface area contributed by atoms with Crippen LogP contribution in [0, 0.1) is 5.82 Å². The minimum atomic E-state index is -1.35. The van der Waals surface area contributed by atoms with Gasteiger partial charge in [0.15, 0.2) is 5.78 Å². The summed E-state index contributed by atoms with van der Waals surface area (Å²) in [5.41, 5.74) is 1.76. The van der Waals surface area contributed by atoms with Crippen LogP contribution < -0.4 is 10.2 Å². The highest BCUT2D eigenvalue weighted by Gasteiger charge is 2.37. The Kier molecular flexibility index (Phi) is 7.26. The summed E-state index contributed by atoms with van der Waals surface area (Å²) in [5, 5.41) is 11.3. The second-order valence-electron chi connectivity index (χ2n) is 9.49. The fraction of sp³-hybridized carbons (Fsp3) is 0.276. The predicted octanol–water partition coefficient (Wildman–Crippen LogP) is 4.61. The van der Waals surface area contributed by atoms with Gasteiger partial charge in [0.2, 0.25) is 11.8 Å². The first-order valence-corrected chi connectivity index (χ1v) is 12.7. The van der Waals surface area contributed by atoms with Crippen LogP contribution in [-0.2, 0) is 16.1 Å². The molecule has 1 heterocycles. The van der Waals surface area contributed by atoms with Crippen LogP contribution in [0.5, 0.6) is 0 Å². The second kappa shape index (κ2) is 10.9. The molecule has 0 radical (unpaired) electrons. The van der Waals surface area contributed by atoms with Crippen molar-refractivity contribution in [1.82, 2.24) is 20.3 Å². The van der Waals surface area contributed by atoms with Crippen LogP contribution in [0.3, 0.4) is 0 Å². The van der Waals surface area contributed by atoms with Gasteiger partial charge in [0, 0.05) is 17.2 Å². The van der Waals surface area contributed by atoms with E-state index >= 15 is 4.39 Å². The normalized spacial score (nSPS) is 14.4. The van der Waals surface area contributed by atoms with Gasteiger partial charge in [-0.2, -0.15) is 0 Å². The lowest BCUT2D eigenvalue weighted by Crippen LogP contribution is -2.48. The van der Waals surface area contributed by atoms with E-state index in [0.29, 0.717) is 11.0 Å². The van der Waals surface area contributed by atoms with E-state index in [1.54, 1.807) is 42.5 Å². The molecule has 1 N–H and O–H groups in total. The fourth-order valence-electron chi connectivity index (χ4n) is 5.08. The number of anilines is 1. The number of ketones is 1. The molecule has 8 nitrogen and oxygen atoms in total. The molecule has 1 unspecified atom stereocenters. The zero-order chi connectivity index (χ0) is 26.6. The van der Waals surface area contributed by atoms with Gasteiger partial charge >= 0.3 is 0 Å². The largest absolute Gasteiger partial charge is 0.351 e. The molecular formula is C29H28FN5O3. The summed E-state index contributed by atoms with van der Waals surface area (Å²) in [5.74, 6) is -1.95. The lowest BCUT2D eigenvalue weighted by Gasteiger charge is -2.33. The van der Waals surface area contributed by atoms with Crippen LogP contribution in [0.4, 0.5) is 10.1 Å². The van der Waals surface area contributed by atoms with Gasteiger partial charge in [-0.05, 0) is 50.1 Å². The molecule has 38 heavy (non-hydrogen) atoms. The smallest absolute Gasteiger partial charge is 0.249 e. The number of hydrogen-bond donors (Lipinski definition) is 1. The molecule has 1 atom stereocenters. The molecule has 1 aliphatic rings. The van der Waals surface area contributed by atoms with E-state index in [1.807, 2.05) is 12.1 Å². The monoisotopic (exact) mass is 513 g/mol. The number of nitrogens with zero attached hydrogens (tertiary/aromatic N) is 4. The minimum absolute atomic E-state index is 0.0400. The third kappa shape index (κ3) is 5.04. The van der Waals surface area contributed by atoms with Crippen molar-refractivity contribution >= 4 is 34.3 Å². The number of Topliss-reactive ketones (excluding diaryl/α,β-unsaturated/α-hetero) is 1. The molecule has 1 aromatic heterocycles. The van der Waals surface area contributed by atoms with Gasteiger partial charge in [-0.15, -0.1) is 5.10 Å². The summed E-state index contributed by atoms with van der Waals surface area (Å²) in [7, 11) is 0. The van der Waals surface area contributed by atoms with Crippen molar-refractivity contribution in [2.75, 3.05) is 4.90 Å². The quantitative estimate of drug-likeness (QED) is 0.347. The molecule has 0 aliphatic heterocycles. The summed E-state index contributed by atoms with van der Waals surface area (Å²) in [6, 6.07) is 18.3. The van der Waals surface area contributed by atoms with Crippen LogP contribution in [0.1, 0.15) is 54.6 Å². The van der Waals surface area contributed by atoms with Gasteiger partial charge in [-0.3, -0.25) is 19.3 Å². The summed E-state index contributed by atoms with van der Waals surface area (Å²) in [4.78, 5) is 41.8. The van der Waals surface area contributed by atoms with E-state index in [2.05, 4.69) is 15.6 Å². The number of amides is 2. The number of carbonyl (C=O) groups is 3. The number of hydrogen-bond acceptors (Lipinski definition) is 5. The molecule has 4 aromatic rings. The minimum Gasteiger partial charge on any atom is -0.351 e. The molecule has 0 saturated heterocycles. The van der Waals surface area contributed by atoms with Crippen molar-refractivity contribution in [3.8, 4) is 0 Å². The van der Waals surface area contributed by atoms with Gasteiger partial charge in [0.05, 0.1) is 11.2 Å². The number of halogens is 1. The Labute approximate surface area is 219 Å². The fourth-order valence-corrected chi connectivity index (χ4v) is 5.08. The van der Waals surface area contributed by atoms with E-state index in [9.17, 15) is 14.4 Å². The number of aromatic nitrogens is 3. The highest BCUT2D eigenvalue weighted by Crippen LogP contribution is 2.33. The molecule has 1 fully saturated rings. The molecule has 194 valence electrons. The van der Waals surface area contributed by atoms with Crippen LogP contribution in [-0.4, -0.2) is 38.6 Å². The van der Waals surface area contributed by atoms with E-state index in [0.717, 1.165) is 25.7 Å². The highest BCUT2D eigenvalue weighted by atomic mass is 19.1. The lowest BCUT2D eigenvalue weighted by atomic mass is 9.99. The van der Waals surface area contributed by atoms with Gasteiger partial charge in [-0.1, -0.05) is 60.5 Å². The Balaban J connectivity index is 1.64. The molecule has 2 amide bonds. The number of para-hydroxylation sites is 2. The molecule has 0 spiro atoms. The van der Waals surface area contributed by atoms with Crippen molar-refractivity contribution in [3.63, 3.8) is 0 Å². The summed E-state index contributed by atoms with van der Waals surface area (Å²) in [6.07, 6.45) is 3.62. The van der Waals surface area contributed by atoms with Crippen molar-refractivity contribution in [1.29, 1.82) is 0 Å². The van der Waals surface area contributed by atoms with Crippen molar-refractivity contribution in [2.24, 2.45) is 0 Å². The first kappa shape index (κ1) is 25.3. The van der Waals surface area contributed by atoms with Crippen LogP contribution in [0.15, 0.2) is 72.8 Å². The average Bonchev–Trinajstić information content (AvgIpc) is 3.58. The summed E-state index contributed by atoms with van der Waals surface area (Å²) >= 11 is 0. The average molecular weight is 514 g/mol. The highest BCUT2D eigenvalue weighted by molar-refractivity contribution is 6.08. The molecule has 9 heteroatoms. The third-order valence-electron chi connectivity index (χ3n) is 6.92. The van der Waals surface area contributed by atoms with Crippen LogP contribution >= 0.6 is 0 Å². The van der Waals surface area contributed by atoms with E-state index in [1.165, 1.54) is 34.7 Å². The predicted molar refractivity (Wildman–Crippen MR) is 141 cm³/mol. The Hall–Kier alpha value is -4.40. The van der Waals surface area contributed by atoms with Gasteiger partial charge in [-0.25, -0.2) is 9.07 Å². The van der Waals surface area contributed by atoms with Gasteiger partial charge in [0.25, 0.3) is 0 Å². The molecule has 1 saturated carbocycles. The molecule has 0 bridgehead atoms. The lowest BCUT2D eigenvalue weighted by molar-refractivity contribution is -0.127. The molecular weight excluding hydrogens is 485 g/mol. The van der Waals surface area contributed by atoms with Crippen molar-refractivity contribution in [2.45, 2.75) is 51.2 Å². The third-order valence-corrected chi connectivity index (χ3v) is 6.92. The van der Waals surface area contributed by atoms with Crippen LogP contribution in [0.2, 0.25) is 0 Å². The topological polar surface area (TPSA) is 97.2 Å². The number of carbonyl (C=O) groups excluding carboxylic acids is 3. The summed E-state index contributed by atoms with van der Waals surface area (Å²) in [6.45, 7) is 1.12. The number of rotatable bonds is 8. The number of benzene rings is 3. The van der Waals surface area contributed by atoms with Crippen molar-refractivity contribution in [3.05, 3.63) is 89.7 Å². The van der Waals surface area contributed by atoms with Crippen LogP contribution in [0.25, 0.3) is 11.0 Å². The Morgan fingerprint density at radius 3 is 2.45 bits per heavy atom. The summed E-state index contributed by atoms with van der Waals surface area (Å²) < 4.78 is 16.7. The maximum absolute atomic E-state index is 15.3. The number of fused-ring (bicyclic) bond motifs is 1. The first-order chi connectivity index (χ1) is 18.4. The Bertz CT molecular complexity index is 1490.